The van der Waals surface area contributed by atoms with Crippen molar-refractivity contribution in [2.24, 2.45) is 11.8 Å². The zero-order valence-corrected chi connectivity index (χ0v) is 22.5. The summed E-state index contributed by atoms with van der Waals surface area (Å²) in [5.41, 5.74) is 2.77. The molecule has 0 unspecified atom stereocenters. The van der Waals surface area contributed by atoms with E-state index in [4.69, 9.17) is 9.47 Å². The summed E-state index contributed by atoms with van der Waals surface area (Å²) in [4.78, 5) is 28.9. The quantitative estimate of drug-likeness (QED) is 0.423. The zero-order chi connectivity index (χ0) is 26.1. The fourth-order valence-corrected chi connectivity index (χ4v) is 6.80. The molecular formula is C28H35N5O4S. The summed E-state index contributed by atoms with van der Waals surface area (Å²) >= 11 is 1.49. The maximum Gasteiger partial charge on any atom is 0.229 e. The fraction of sp³-hybridized carbons (Fsp3) is 0.571. The van der Waals surface area contributed by atoms with Crippen molar-refractivity contribution in [1.29, 1.82) is 0 Å². The molecule has 3 aromatic rings. The molecule has 3 atom stereocenters. The standard InChI is InChI=1S/C28H35N5O4S/c1-36-15-17-7-8-33(14-17)21-9-19(10-21)27(35)32-28-31-22-6-5-18(11-25(22)38-28)20-12-29-26(30-13-20)16-37-24-4-2-3-23(24)34/h5-6,11-13,17,19,21,23-24,34H,2-4,7-10,14-16H2,1H3,(H,31,32,35)/t17-,19?,21?,23+,24+/m1/s1. The molecule has 1 saturated heterocycles. The summed E-state index contributed by atoms with van der Waals surface area (Å²) in [6.07, 6.45) is 8.79. The summed E-state index contributed by atoms with van der Waals surface area (Å²) in [5, 5.41) is 13.6. The molecule has 3 fully saturated rings. The lowest BCUT2D eigenvalue weighted by Gasteiger charge is -2.40. The first-order valence-electron chi connectivity index (χ1n) is 13.6. The van der Waals surface area contributed by atoms with Gasteiger partial charge in [0.25, 0.3) is 0 Å². The van der Waals surface area contributed by atoms with Gasteiger partial charge in [-0.25, -0.2) is 15.0 Å². The third-order valence-electron chi connectivity index (χ3n) is 8.22. The molecule has 6 rings (SSSR count). The Labute approximate surface area is 226 Å². The molecule has 1 amide bonds. The van der Waals surface area contributed by atoms with E-state index < -0.39 is 0 Å². The molecule has 1 aliphatic heterocycles. The van der Waals surface area contributed by atoms with E-state index in [9.17, 15) is 9.90 Å². The number of amides is 1. The topological polar surface area (TPSA) is 110 Å². The molecular weight excluding hydrogens is 502 g/mol. The molecule has 2 aromatic heterocycles. The lowest BCUT2D eigenvalue weighted by Crippen LogP contribution is -2.47. The summed E-state index contributed by atoms with van der Waals surface area (Å²) < 4.78 is 12.1. The third kappa shape index (κ3) is 5.60. The average Bonchev–Trinajstić information content (AvgIpc) is 3.62. The van der Waals surface area contributed by atoms with Crippen LogP contribution in [0.25, 0.3) is 21.3 Å². The van der Waals surface area contributed by atoms with Crippen LogP contribution in [0.15, 0.2) is 30.6 Å². The number of hydrogen-bond donors (Lipinski definition) is 2. The first kappa shape index (κ1) is 25.8. The Morgan fingerprint density at radius 3 is 2.79 bits per heavy atom. The number of nitrogens with zero attached hydrogens (tertiary/aromatic N) is 4. The number of carbonyl (C=O) groups is 1. The number of aromatic nitrogens is 3. The van der Waals surface area contributed by atoms with Gasteiger partial charge in [-0.1, -0.05) is 17.4 Å². The summed E-state index contributed by atoms with van der Waals surface area (Å²) in [6.45, 7) is 3.32. The van der Waals surface area contributed by atoms with Crippen molar-refractivity contribution in [3.63, 3.8) is 0 Å². The van der Waals surface area contributed by atoms with Crippen LogP contribution in [-0.4, -0.2) is 75.9 Å². The number of likely N-dealkylation sites (tertiary alicyclic amines) is 1. The molecule has 1 aromatic carbocycles. The number of nitrogens with one attached hydrogen (secondary N) is 1. The molecule has 10 heteroatoms. The van der Waals surface area contributed by atoms with Gasteiger partial charge >= 0.3 is 0 Å². The molecule has 2 saturated carbocycles. The van der Waals surface area contributed by atoms with E-state index in [0.717, 1.165) is 73.1 Å². The molecule has 202 valence electrons. The molecule has 0 radical (unpaired) electrons. The minimum atomic E-state index is -0.384. The van der Waals surface area contributed by atoms with Crippen molar-refractivity contribution in [2.75, 3.05) is 32.1 Å². The molecule has 9 nitrogen and oxygen atoms in total. The molecule has 38 heavy (non-hydrogen) atoms. The fourth-order valence-electron chi connectivity index (χ4n) is 5.89. The van der Waals surface area contributed by atoms with Crippen LogP contribution in [0.5, 0.6) is 0 Å². The van der Waals surface area contributed by atoms with E-state index in [2.05, 4.69) is 31.2 Å². The van der Waals surface area contributed by atoms with E-state index in [0.29, 0.717) is 29.5 Å². The van der Waals surface area contributed by atoms with Crippen LogP contribution in [0.1, 0.15) is 44.3 Å². The Balaban J connectivity index is 1.03. The van der Waals surface area contributed by atoms with Gasteiger partial charge in [-0.05, 0) is 68.7 Å². The van der Waals surface area contributed by atoms with Crippen LogP contribution in [0, 0.1) is 11.8 Å². The van der Waals surface area contributed by atoms with Gasteiger partial charge in [-0.2, -0.15) is 0 Å². The summed E-state index contributed by atoms with van der Waals surface area (Å²) in [5.74, 6) is 1.36. The lowest BCUT2D eigenvalue weighted by molar-refractivity contribution is -0.124. The number of ether oxygens (including phenoxy) is 2. The van der Waals surface area contributed by atoms with Crippen LogP contribution >= 0.6 is 11.3 Å². The second kappa shape index (κ2) is 11.3. The lowest BCUT2D eigenvalue weighted by atomic mass is 9.79. The van der Waals surface area contributed by atoms with Crippen molar-refractivity contribution >= 4 is 32.6 Å². The smallest absolute Gasteiger partial charge is 0.229 e. The van der Waals surface area contributed by atoms with Gasteiger partial charge in [0.15, 0.2) is 11.0 Å². The van der Waals surface area contributed by atoms with Crippen molar-refractivity contribution < 1.29 is 19.4 Å². The summed E-state index contributed by atoms with van der Waals surface area (Å²) in [6, 6.07) is 6.55. The van der Waals surface area contributed by atoms with E-state index in [1.807, 2.05) is 12.1 Å². The number of aliphatic hydroxyl groups is 1. The highest BCUT2D eigenvalue weighted by Crippen LogP contribution is 2.37. The van der Waals surface area contributed by atoms with Crippen molar-refractivity contribution in [1.82, 2.24) is 19.9 Å². The minimum absolute atomic E-state index is 0.0561. The number of aliphatic hydroxyl groups excluding tert-OH is 1. The molecule has 0 bridgehead atoms. The van der Waals surface area contributed by atoms with Gasteiger partial charge in [0.05, 0.1) is 29.0 Å². The monoisotopic (exact) mass is 537 g/mol. The molecule has 2 aliphatic carbocycles. The predicted molar refractivity (Wildman–Crippen MR) is 146 cm³/mol. The summed E-state index contributed by atoms with van der Waals surface area (Å²) in [7, 11) is 1.77. The molecule has 3 heterocycles. The van der Waals surface area contributed by atoms with Gasteiger partial charge in [-0.15, -0.1) is 0 Å². The second-order valence-corrected chi connectivity index (χ2v) is 11.9. The highest BCUT2D eigenvalue weighted by molar-refractivity contribution is 7.22. The Morgan fingerprint density at radius 1 is 1.18 bits per heavy atom. The van der Waals surface area contributed by atoms with Gasteiger partial charge < -0.3 is 19.9 Å². The van der Waals surface area contributed by atoms with Crippen LogP contribution in [0.4, 0.5) is 5.13 Å². The van der Waals surface area contributed by atoms with Gasteiger partial charge in [0, 0.05) is 43.6 Å². The third-order valence-corrected chi connectivity index (χ3v) is 9.16. The number of thiazole rings is 1. The van der Waals surface area contributed by atoms with Gasteiger partial charge in [0.2, 0.25) is 5.91 Å². The number of hydrogen-bond acceptors (Lipinski definition) is 9. The maximum atomic E-state index is 12.9. The van der Waals surface area contributed by atoms with Crippen LogP contribution in [-0.2, 0) is 20.9 Å². The van der Waals surface area contributed by atoms with E-state index in [1.54, 1.807) is 19.5 Å². The highest BCUT2D eigenvalue weighted by atomic mass is 32.1. The normalized spacial score (nSPS) is 27.6. The van der Waals surface area contributed by atoms with Gasteiger partial charge in [0.1, 0.15) is 6.61 Å². The highest BCUT2D eigenvalue weighted by Gasteiger charge is 2.40. The Hall–Kier alpha value is -2.50. The van der Waals surface area contributed by atoms with Crippen molar-refractivity contribution in [3.8, 4) is 11.1 Å². The predicted octanol–water partition coefficient (Wildman–Crippen LogP) is 3.87. The number of methoxy groups -OCH3 is 1. The van der Waals surface area contributed by atoms with Crippen LogP contribution < -0.4 is 5.32 Å². The number of fused-ring (bicyclic) bond motifs is 1. The first-order chi connectivity index (χ1) is 18.6. The molecule has 0 spiro atoms. The molecule has 2 N–H and O–H groups in total. The van der Waals surface area contributed by atoms with Crippen molar-refractivity contribution in [2.45, 2.75) is 63.4 Å². The molecule has 3 aliphatic rings. The van der Waals surface area contributed by atoms with Crippen LogP contribution in [0.2, 0.25) is 0 Å². The SMILES string of the molecule is COC[C@@H]1CCN(C2CC(C(=O)Nc3nc4ccc(-c5cnc(CO[C@H]6CCC[C@@H]6O)nc5)cc4s3)C2)C1. The maximum absolute atomic E-state index is 12.9. The number of anilines is 1. The average molecular weight is 538 g/mol. The van der Waals surface area contributed by atoms with E-state index in [1.165, 1.54) is 17.8 Å². The number of benzene rings is 1. The van der Waals surface area contributed by atoms with Crippen molar-refractivity contribution in [3.05, 3.63) is 36.4 Å². The zero-order valence-electron chi connectivity index (χ0n) is 21.7. The Morgan fingerprint density at radius 2 is 2.03 bits per heavy atom. The van der Waals surface area contributed by atoms with E-state index >= 15 is 0 Å². The second-order valence-electron chi connectivity index (χ2n) is 10.9. The Kier molecular flexibility index (Phi) is 7.67. The van der Waals surface area contributed by atoms with Gasteiger partial charge in [-0.3, -0.25) is 9.69 Å². The number of rotatable bonds is 9. The first-order valence-corrected chi connectivity index (χ1v) is 14.4. The van der Waals surface area contributed by atoms with Crippen LogP contribution in [0.3, 0.4) is 0 Å². The largest absolute Gasteiger partial charge is 0.390 e. The Bertz CT molecular complexity index is 1260. The number of carbonyl (C=O) groups excluding carboxylic acids is 1. The minimum Gasteiger partial charge on any atom is -0.390 e. The van der Waals surface area contributed by atoms with E-state index in [-0.39, 0.29) is 24.0 Å².